The van der Waals surface area contributed by atoms with Crippen LogP contribution in [0.1, 0.15) is 5.76 Å². The maximum Gasteiger partial charge on any atom is 0.282 e. The maximum absolute atomic E-state index is 11.7. The fourth-order valence-corrected chi connectivity index (χ4v) is 3.01. The zero-order valence-electron chi connectivity index (χ0n) is 8.05. The minimum Gasteiger partial charge on any atom is -0.359 e. The van der Waals surface area contributed by atoms with E-state index in [0.717, 1.165) is 0 Å². The van der Waals surface area contributed by atoms with Gasteiger partial charge in [0, 0.05) is 26.2 Å². The summed E-state index contributed by atoms with van der Waals surface area (Å²) >= 11 is 3.14. The summed E-state index contributed by atoms with van der Waals surface area (Å²) in [4.78, 5) is 0. The highest BCUT2D eigenvalue weighted by atomic mass is 79.9. The van der Waals surface area contributed by atoms with Crippen molar-refractivity contribution in [2.75, 3.05) is 20.1 Å². The van der Waals surface area contributed by atoms with Gasteiger partial charge in [0.1, 0.15) is 4.60 Å². The number of hydrogen-bond acceptors (Lipinski definition) is 4. The van der Waals surface area contributed by atoms with Gasteiger partial charge in [-0.05, 0) is 15.9 Å². The highest BCUT2D eigenvalue weighted by Gasteiger charge is 2.34. The van der Waals surface area contributed by atoms with Crippen LogP contribution in [0.4, 0.5) is 0 Å². The number of hydrogen-bond donors (Lipinski definition) is 0. The van der Waals surface area contributed by atoms with Crippen molar-refractivity contribution in [2.24, 2.45) is 0 Å². The van der Waals surface area contributed by atoms with E-state index in [1.54, 1.807) is 13.1 Å². The molecule has 2 rings (SSSR count). The Bertz CT molecular complexity index is 458. The summed E-state index contributed by atoms with van der Waals surface area (Å²) in [5, 5.41) is 3.63. The maximum atomic E-state index is 11.7. The fraction of sp³-hybridized carbons (Fsp3) is 0.571. The normalized spacial score (nSPS) is 22.3. The van der Waals surface area contributed by atoms with Crippen LogP contribution in [0, 0.1) is 0 Å². The molecule has 0 bridgehead atoms. The first-order valence-electron chi connectivity index (χ1n) is 4.32. The first kappa shape index (κ1) is 11.1. The van der Waals surface area contributed by atoms with Crippen LogP contribution in [0.3, 0.4) is 0 Å². The lowest BCUT2D eigenvalue weighted by atomic mass is 10.4. The van der Waals surface area contributed by atoms with Crippen LogP contribution in [0.2, 0.25) is 0 Å². The van der Waals surface area contributed by atoms with Gasteiger partial charge in [0.15, 0.2) is 5.76 Å². The molecule has 0 unspecified atom stereocenters. The SMILES string of the molecule is CN1CCN(Cc2cc(Br)no2)S1(=O)=O. The van der Waals surface area contributed by atoms with Gasteiger partial charge in [-0.1, -0.05) is 5.16 Å². The molecule has 6 nitrogen and oxygen atoms in total. The lowest BCUT2D eigenvalue weighted by molar-refractivity contribution is 0.333. The molecule has 0 saturated carbocycles. The molecule has 0 radical (unpaired) electrons. The molecule has 15 heavy (non-hydrogen) atoms. The molecule has 1 saturated heterocycles. The molecule has 0 amide bonds. The van der Waals surface area contributed by atoms with E-state index in [1.165, 1.54) is 8.61 Å². The third-order valence-corrected chi connectivity index (χ3v) is 4.56. The van der Waals surface area contributed by atoms with Crippen molar-refractivity contribution in [3.8, 4) is 0 Å². The Morgan fingerprint density at radius 3 is 2.80 bits per heavy atom. The molecule has 0 spiro atoms. The summed E-state index contributed by atoms with van der Waals surface area (Å²) in [6.07, 6.45) is 0. The summed E-state index contributed by atoms with van der Waals surface area (Å²) in [6.45, 7) is 1.22. The van der Waals surface area contributed by atoms with Crippen LogP contribution in [0.5, 0.6) is 0 Å². The molecule has 1 fully saturated rings. The lowest BCUT2D eigenvalue weighted by Crippen LogP contribution is -2.30. The van der Waals surface area contributed by atoms with E-state index >= 15 is 0 Å². The lowest BCUT2D eigenvalue weighted by Gasteiger charge is -2.13. The van der Waals surface area contributed by atoms with Crippen molar-refractivity contribution in [3.05, 3.63) is 16.4 Å². The van der Waals surface area contributed by atoms with Crippen molar-refractivity contribution in [3.63, 3.8) is 0 Å². The van der Waals surface area contributed by atoms with Crippen LogP contribution < -0.4 is 0 Å². The predicted octanol–water partition coefficient (Wildman–Crippen LogP) is 0.429. The Hall–Kier alpha value is -0.440. The molecule has 0 atom stereocenters. The summed E-state index contributed by atoms with van der Waals surface area (Å²) in [7, 11) is -1.73. The summed E-state index contributed by atoms with van der Waals surface area (Å²) < 4.78 is 31.5. The number of halogens is 1. The topological polar surface area (TPSA) is 66.7 Å². The second-order valence-corrected chi connectivity index (χ2v) is 6.13. The summed E-state index contributed by atoms with van der Waals surface area (Å²) in [5.41, 5.74) is 0. The second kappa shape index (κ2) is 3.85. The Labute approximate surface area is 96.1 Å². The summed E-state index contributed by atoms with van der Waals surface area (Å²) in [5.74, 6) is 0.528. The molecule has 84 valence electrons. The van der Waals surface area contributed by atoms with Gasteiger partial charge < -0.3 is 4.52 Å². The van der Waals surface area contributed by atoms with Crippen molar-refractivity contribution >= 4 is 26.1 Å². The third-order valence-electron chi connectivity index (χ3n) is 2.25. The molecule has 1 aliphatic rings. The average Bonchev–Trinajstić information content (AvgIpc) is 2.66. The van der Waals surface area contributed by atoms with Gasteiger partial charge >= 0.3 is 0 Å². The Balaban J connectivity index is 2.14. The average molecular weight is 296 g/mol. The first-order chi connectivity index (χ1) is 7.00. The minimum atomic E-state index is -3.29. The molecular formula is C7H10BrN3O3S. The van der Waals surface area contributed by atoms with Crippen LogP contribution in [-0.2, 0) is 16.8 Å². The zero-order chi connectivity index (χ0) is 11.1. The number of likely N-dealkylation sites (N-methyl/N-ethyl adjacent to an activating group) is 1. The standard InChI is InChI=1S/C7H10BrN3O3S/c1-10-2-3-11(15(10,12)13)5-6-4-7(8)9-14-6/h4H,2-3,5H2,1H3. The molecule has 0 aromatic carbocycles. The van der Waals surface area contributed by atoms with E-state index in [1.807, 2.05) is 0 Å². The van der Waals surface area contributed by atoms with Crippen molar-refractivity contribution < 1.29 is 12.9 Å². The van der Waals surface area contributed by atoms with E-state index in [0.29, 0.717) is 23.5 Å². The van der Waals surface area contributed by atoms with E-state index < -0.39 is 10.2 Å². The molecular weight excluding hydrogens is 286 g/mol. The molecule has 0 aliphatic carbocycles. The summed E-state index contributed by atoms with van der Waals surface area (Å²) in [6, 6.07) is 1.66. The Kier molecular flexibility index (Phi) is 2.84. The number of aromatic nitrogens is 1. The highest BCUT2D eigenvalue weighted by molar-refractivity contribution is 9.10. The van der Waals surface area contributed by atoms with Gasteiger partial charge in [-0.3, -0.25) is 0 Å². The molecule has 8 heteroatoms. The van der Waals surface area contributed by atoms with Crippen LogP contribution >= 0.6 is 15.9 Å². The Morgan fingerprint density at radius 2 is 2.33 bits per heavy atom. The van der Waals surface area contributed by atoms with Crippen molar-refractivity contribution in [2.45, 2.75) is 6.54 Å². The fourth-order valence-electron chi connectivity index (χ4n) is 1.38. The van der Waals surface area contributed by atoms with E-state index in [-0.39, 0.29) is 6.54 Å². The first-order valence-corrected chi connectivity index (χ1v) is 6.51. The van der Waals surface area contributed by atoms with Crippen molar-refractivity contribution in [1.29, 1.82) is 0 Å². The van der Waals surface area contributed by atoms with Gasteiger partial charge in [0.25, 0.3) is 10.2 Å². The van der Waals surface area contributed by atoms with Crippen molar-refractivity contribution in [1.82, 2.24) is 13.8 Å². The quantitative estimate of drug-likeness (QED) is 0.794. The van der Waals surface area contributed by atoms with E-state index in [4.69, 9.17) is 4.52 Å². The molecule has 2 heterocycles. The smallest absolute Gasteiger partial charge is 0.282 e. The van der Waals surface area contributed by atoms with Gasteiger partial charge in [-0.25, -0.2) is 0 Å². The minimum absolute atomic E-state index is 0.227. The van der Waals surface area contributed by atoms with E-state index in [2.05, 4.69) is 21.1 Å². The number of nitrogens with zero attached hydrogens (tertiary/aromatic N) is 3. The molecule has 1 aromatic rings. The van der Waals surface area contributed by atoms with Gasteiger partial charge in [0.05, 0.1) is 6.54 Å². The van der Waals surface area contributed by atoms with Crippen LogP contribution in [0.25, 0.3) is 0 Å². The zero-order valence-corrected chi connectivity index (χ0v) is 10.5. The Morgan fingerprint density at radius 1 is 1.60 bits per heavy atom. The van der Waals surface area contributed by atoms with Gasteiger partial charge in [-0.2, -0.15) is 17.0 Å². The molecule has 1 aromatic heterocycles. The molecule has 0 N–H and O–H groups in total. The predicted molar refractivity (Wildman–Crippen MR) is 56.2 cm³/mol. The second-order valence-electron chi connectivity index (χ2n) is 3.28. The van der Waals surface area contributed by atoms with Crippen LogP contribution in [-0.4, -0.2) is 42.3 Å². The highest BCUT2D eigenvalue weighted by Crippen LogP contribution is 2.19. The number of rotatable bonds is 2. The van der Waals surface area contributed by atoms with Gasteiger partial charge in [0.2, 0.25) is 0 Å². The van der Waals surface area contributed by atoms with Crippen LogP contribution in [0.15, 0.2) is 15.2 Å². The molecule has 1 aliphatic heterocycles. The monoisotopic (exact) mass is 295 g/mol. The third kappa shape index (κ3) is 2.07. The van der Waals surface area contributed by atoms with Gasteiger partial charge in [-0.15, -0.1) is 0 Å². The van der Waals surface area contributed by atoms with E-state index in [9.17, 15) is 8.42 Å². The largest absolute Gasteiger partial charge is 0.359 e.